The molecule has 1 aromatic carbocycles. The van der Waals surface area contributed by atoms with Crippen LogP contribution in [0.1, 0.15) is 53.0 Å². The first-order valence-electron chi connectivity index (χ1n) is 11.8. The monoisotopic (exact) mass is 492 g/mol. The number of amides is 4. The third-order valence-corrected chi connectivity index (χ3v) is 6.18. The highest BCUT2D eigenvalue weighted by molar-refractivity contribution is 5.89. The molecule has 10 nitrogen and oxygen atoms in total. The minimum Gasteiger partial charge on any atom is -0.467 e. The van der Waals surface area contributed by atoms with E-state index in [9.17, 15) is 24.3 Å². The van der Waals surface area contributed by atoms with E-state index in [-0.39, 0.29) is 19.0 Å². The smallest absolute Gasteiger partial charge is 0.424 e. The molecule has 0 radical (unpaired) electrons. The van der Waals surface area contributed by atoms with E-state index in [2.05, 4.69) is 15.4 Å². The summed E-state index contributed by atoms with van der Waals surface area (Å²) in [5, 5.41) is 15.9. The van der Waals surface area contributed by atoms with E-state index in [1.54, 1.807) is 27.7 Å². The molecule has 0 aromatic heterocycles. The number of aliphatic hydroxyl groups is 1. The molecular weight excluding hydrogens is 454 g/mol. The molecule has 1 aliphatic rings. The zero-order chi connectivity index (χ0) is 26.4. The molecule has 35 heavy (non-hydrogen) atoms. The molecule has 0 spiro atoms. The zero-order valence-electron chi connectivity index (χ0n) is 21.4. The maximum atomic E-state index is 13.7. The lowest BCUT2D eigenvalue weighted by Crippen LogP contribution is -2.68. The van der Waals surface area contributed by atoms with Crippen molar-refractivity contribution in [2.75, 3.05) is 13.7 Å². The predicted molar refractivity (Wildman–Crippen MR) is 128 cm³/mol. The second kappa shape index (κ2) is 11.6. The van der Waals surface area contributed by atoms with E-state index >= 15 is 0 Å². The summed E-state index contributed by atoms with van der Waals surface area (Å²) in [4.78, 5) is 51.7. The Morgan fingerprint density at radius 1 is 1.14 bits per heavy atom. The van der Waals surface area contributed by atoms with Gasteiger partial charge in [-0.3, -0.25) is 5.32 Å². The molecule has 1 fully saturated rings. The molecule has 1 aliphatic heterocycles. The van der Waals surface area contributed by atoms with Gasteiger partial charge in [-0.05, 0) is 46.6 Å². The molecule has 5 atom stereocenters. The van der Waals surface area contributed by atoms with E-state index in [0.29, 0.717) is 12.8 Å². The van der Waals surface area contributed by atoms with Crippen LogP contribution in [0.2, 0.25) is 0 Å². The number of imide groups is 1. The Kier molecular flexibility index (Phi) is 9.39. The van der Waals surface area contributed by atoms with Crippen LogP contribution in [0.3, 0.4) is 0 Å². The van der Waals surface area contributed by atoms with Crippen LogP contribution in [0.25, 0.3) is 0 Å². The Morgan fingerprint density at radius 3 is 2.29 bits per heavy atom. The topological polar surface area (TPSA) is 131 Å². The normalized spacial score (nSPS) is 22.4. The van der Waals surface area contributed by atoms with Crippen LogP contribution in [-0.4, -0.2) is 77.1 Å². The number of nitrogens with zero attached hydrogens (tertiary/aromatic N) is 1. The zero-order valence-corrected chi connectivity index (χ0v) is 21.4. The molecule has 10 heteroatoms. The van der Waals surface area contributed by atoms with Gasteiger partial charge in [0.2, 0.25) is 0 Å². The molecule has 1 aromatic rings. The van der Waals surface area contributed by atoms with Crippen LogP contribution < -0.4 is 10.6 Å². The van der Waals surface area contributed by atoms with E-state index in [1.807, 2.05) is 30.3 Å². The van der Waals surface area contributed by atoms with Crippen molar-refractivity contribution in [2.45, 2.75) is 83.7 Å². The van der Waals surface area contributed by atoms with Gasteiger partial charge in [0.25, 0.3) is 0 Å². The molecule has 194 valence electrons. The number of alkyl carbamates (subject to hydrolysis) is 1. The molecule has 4 amide bonds. The fourth-order valence-electron chi connectivity index (χ4n) is 4.37. The van der Waals surface area contributed by atoms with Crippen molar-refractivity contribution in [2.24, 2.45) is 0 Å². The summed E-state index contributed by atoms with van der Waals surface area (Å²) in [5.41, 5.74) is 0.0413. The number of urea groups is 1. The number of hydrogen-bond donors (Lipinski definition) is 3. The number of carbonyl (C=O) groups excluding carboxylic acids is 4. The minimum absolute atomic E-state index is 0.150. The third-order valence-electron chi connectivity index (χ3n) is 6.18. The Morgan fingerprint density at radius 2 is 1.77 bits per heavy atom. The van der Waals surface area contributed by atoms with Crippen LogP contribution in [-0.2, 0) is 25.5 Å². The van der Waals surface area contributed by atoms with E-state index in [4.69, 9.17) is 4.74 Å². The number of methoxy groups -OCH3 is 1. The van der Waals surface area contributed by atoms with Crippen LogP contribution >= 0.6 is 0 Å². The second-order valence-corrected chi connectivity index (χ2v) is 10.0. The van der Waals surface area contributed by atoms with E-state index in [1.165, 1.54) is 6.92 Å². The standard InChI is InChI=1S/C25H37N3O7/c1-16-11-10-14-28(16,21(30)17(2)26-24(33)35-25(3,4)5)23(32)27-19(20(29)22(31)34-6)15-18-12-8-7-9-13-18/h7-9,12-13,16-17,19-20,29H,10-11,14-15H2,1-6H3,(H-,26,27,32,33)/p+1/t16-,17+,19?,20-,28?/m1/s1. The van der Waals surface area contributed by atoms with Crippen LogP contribution in [0.15, 0.2) is 30.3 Å². The van der Waals surface area contributed by atoms with Crippen molar-refractivity contribution in [1.29, 1.82) is 0 Å². The van der Waals surface area contributed by atoms with Gasteiger partial charge in [-0.2, -0.15) is 4.48 Å². The van der Waals surface area contributed by atoms with Crippen molar-refractivity contribution in [3.8, 4) is 0 Å². The number of hydrogen-bond acceptors (Lipinski definition) is 7. The first-order valence-corrected chi connectivity index (χ1v) is 11.8. The average molecular weight is 493 g/mol. The quantitative estimate of drug-likeness (QED) is 0.393. The molecule has 2 unspecified atom stereocenters. The van der Waals surface area contributed by atoms with E-state index < -0.39 is 52.3 Å². The number of esters is 1. The number of benzene rings is 1. The van der Waals surface area contributed by atoms with Crippen molar-refractivity contribution in [3.05, 3.63) is 35.9 Å². The lowest BCUT2D eigenvalue weighted by atomic mass is 10.0. The molecular formula is C25H38N3O7+. The van der Waals surface area contributed by atoms with Crippen molar-refractivity contribution in [3.63, 3.8) is 0 Å². The first kappa shape index (κ1) is 28.3. The van der Waals surface area contributed by atoms with Gasteiger partial charge in [0.15, 0.2) is 6.10 Å². The number of likely N-dealkylation sites (tertiary alicyclic amines) is 1. The summed E-state index contributed by atoms with van der Waals surface area (Å²) in [6.07, 6.45) is -0.984. The number of rotatable bonds is 7. The Bertz CT molecular complexity index is 915. The maximum Gasteiger partial charge on any atom is 0.424 e. The molecule has 2 rings (SSSR count). The highest BCUT2D eigenvalue weighted by Crippen LogP contribution is 2.29. The fourth-order valence-corrected chi connectivity index (χ4v) is 4.37. The SMILES string of the molecule is COC(=O)[C@H](O)C(Cc1ccccc1)NC(=O)[N+]1(C(=O)[C@H](C)NC(=O)OC(C)(C)C)CCC[C@H]1C. The number of aliphatic hydroxyl groups excluding tert-OH is 1. The van der Waals surface area contributed by atoms with Gasteiger partial charge in [-0.1, -0.05) is 30.3 Å². The van der Waals surface area contributed by atoms with E-state index in [0.717, 1.165) is 12.7 Å². The predicted octanol–water partition coefficient (Wildman–Crippen LogP) is 2.28. The molecule has 1 heterocycles. The fraction of sp³-hybridized carbons (Fsp3) is 0.600. The van der Waals surface area contributed by atoms with Crippen molar-refractivity contribution >= 4 is 24.0 Å². The summed E-state index contributed by atoms with van der Waals surface area (Å²) < 4.78 is 9.37. The largest absolute Gasteiger partial charge is 0.467 e. The van der Waals surface area contributed by atoms with Gasteiger partial charge in [0.05, 0.1) is 19.7 Å². The molecule has 1 saturated heterocycles. The molecule has 3 N–H and O–H groups in total. The van der Waals surface area contributed by atoms with Crippen LogP contribution in [0.4, 0.5) is 9.59 Å². The van der Waals surface area contributed by atoms with Crippen molar-refractivity contribution < 1.29 is 38.2 Å². The van der Waals surface area contributed by atoms with Crippen LogP contribution in [0.5, 0.6) is 0 Å². The summed E-state index contributed by atoms with van der Waals surface area (Å²) in [6.45, 7) is 8.68. The molecule has 0 bridgehead atoms. The lowest BCUT2D eigenvalue weighted by Gasteiger charge is -2.36. The molecule has 0 saturated carbocycles. The number of carbonyl (C=O) groups is 4. The highest BCUT2D eigenvalue weighted by atomic mass is 16.6. The van der Waals surface area contributed by atoms with Gasteiger partial charge in [0.1, 0.15) is 17.7 Å². The van der Waals surface area contributed by atoms with Gasteiger partial charge >= 0.3 is 24.0 Å². The third kappa shape index (κ3) is 7.02. The maximum absolute atomic E-state index is 13.7. The number of quaternary nitrogens is 1. The summed E-state index contributed by atoms with van der Waals surface area (Å²) in [7, 11) is 1.15. The summed E-state index contributed by atoms with van der Waals surface area (Å²) in [5.74, 6) is -1.39. The highest BCUT2D eigenvalue weighted by Gasteiger charge is 2.55. The lowest BCUT2D eigenvalue weighted by molar-refractivity contribution is -0.785. The van der Waals surface area contributed by atoms with Gasteiger partial charge < -0.3 is 19.9 Å². The molecule has 0 aliphatic carbocycles. The summed E-state index contributed by atoms with van der Waals surface area (Å²) in [6, 6.07) is 6.04. The minimum atomic E-state index is -1.63. The number of nitrogens with one attached hydrogen (secondary N) is 2. The Balaban J connectivity index is 2.29. The Hall–Kier alpha value is -2.98. The van der Waals surface area contributed by atoms with Gasteiger partial charge in [0, 0.05) is 12.8 Å². The van der Waals surface area contributed by atoms with Gasteiger partial charge in [-0.15, -0.1) is 0 Å². The van der Waals surface area contributed by atoms with Crippen molar-refractivity contribution in [1.82, 2.24) is 10.6 Å². The van der Waals surface area contributed by atoms with Gasteiger partial charge in [-0.25, -0.2) is 19.2 Å². The first-order chi connectivity index (χ1) is 16.3. The average Bonchev–Trinajstić information content (AvgIpc) is 3.18. The Labute approximate surface area is 206 Å². The van der Waals surface area contributed by atoms with Crippen LogP contribution in [0, 0.1) is 0 Å². The summed E-state index contributed by atoms with van der Waals surface area (Å²) >= 11 is 0. The second-order valence-electron chi connectivity index (χ2n) is 10.0. The number of ether oxygens (including phenoxy) is 2.